The molecule has 0 spiro atoms. The van der Waals surface area contributed by atoms with Crippen molar-refractivity contribution in [3.8, 4) is 0 Å². The Kier molecular flexibility index (Phi) is 2.77. The van der Waals surface area contributed by atoms with Gasteiger partial charge in [-0.1, -0.05) is 12.1 Å². The predicted molar refractivity (Wildman–Crippen MR) is 65.9 cm³/mol. The van der Waals surface area contributed by atoms with Crippen LogP contribution in [0.15, 0.2) is 18.2 Å². The van der Waals surface area contributed by atoms with Gasteiger partial charge in [-0.15, -0.1) is 0 Å². The second-order valence-corrected chi connectivity index (χ2v) is 4.68. The van der Waals surface area contributed by atoms with E-state index in [-0.39, 0.29) is 24.7 Å². The SMILES string of the molecule is Cc1cccc(N2CC(=O)CC2=O)c1I. The van der Waals surface area contributed by atoms with Crippen molar-refractivity contribution < 1.29 is 9.59 Å². The molecule has 1 fully saturated rings. The van der Waals surface area contributed by atoms with Crippen molar-refractivity contribution in [2.45, 2.75) is 13.3 Å². The molecule has 0 bridgehead atoms. The van der Waals surface area contributed by atoms with E-state index >= 15 is 0 Å². The molecule has 1 heterocycles. The maximum absolute atomic E-state index is 11.6. The molecule has 0 aliphatic carbocycles. The molecule has 0 N–H and O–H groups in total. The van der Waals surface area contributed by atoms with E-state index in [9.17, 15) is 9.59 Å². The number of carbonyl (C=O) groups excluding carboxylic acids is 2. The normalized spacial score (nSPS) is 16.3. The Morgan fingerprint density at radius 3 is 2.67 bits per heavy atom. The average Bonchev–Trinajstić information content (AvgIpc) is 2.50. The van der Waals surface area contributed by atoms with Gasteiger partial charge >= 0.3 is 0 Å². The van der Waals surface area contributed by atoms with E-state index < -0.39 is 0 Å². The van der Waals surface area contributed by atoms with Gasteiger partial charge in [0.1, 0.15) is 0 Å². The van der Waals surface area contributed by atoms with Crippen LogP contribution in [0.5, 0.6) is 0 Å². The molecule has 1 amide bonds. The first-order valence-electron chi connectivity index (χ1n) is 4.67. The molecule has 0 saturated carbocycles. The highest BCUT2D eigenvalue weighted by atomic mass is 127. The van der Waals surface area contributed by atoms with Crippen molar-refractivity contribution in [3.63, 3.8) is 0 Å². The first-order chi connectivity index (χ1) is 7.09. The zero-order chi connectivity index (χ0) is 11.0. The number of hydrogen-bond donors (Lipinski definition) is 0. The molecule has 1 aliphatic heterocycles. The zero-order valence-corrected chi connectivity index (χ0v) is 10.4. The summed E-state index contributed by atoms with van der Waals surface area (Å²) < 4.78 is 1.04. The lowest BCUT2D eigenvalue weighted by atomic mass is 10.2. The number of rotatable bonds is 1. The monoisotopic (exact) mass is 315 g/mol. The van der Waals surface area contributed by atoms with Gasteiger partial charge in [-0.05, 0) is 41.1 Å². The number of hydrogen-bond acceptors (Lipinski definition) is 2. The second kappa shape index (κ2) is 3.92. The predicted octanol–water partition coefficient (Wildman–Crippen LogP) is 1.91. The molecule has 0 atom stereocenters. The van der Waals surface area contributed by atoms with Crippen LogP contribution < -0.4 is 4.90 Å². The van der Waals surface area contributed by atoms with E-state index in [0.717, 1.165) is 14.8 Å². The van der Waals surface area contributed by atoms with E-state index in [1.807, 2.05) is 25.1 Å². The van der Waals surface area contributed by atoms with Crippen LogP contribution in [-0.2, 0) is 9.59 Å². The van der Waals surface area contributed by atoms with Gasteiger partial charge in [0, 0.05) is 3.57 Å². The summed E-state index contributed by atoms with van der Waals surface area (Å²) in [5.74, 6) is -0.0965. The fourth-order valence-electron chi connectivity index (χ4n) is 1.64. The minimum atomic E-state index is -0.0940. The molecule has 0 radical (unpaired) electrons. The number of aryl methyl sites for hydroxylation is 1. The molecule has 1 saturated heterocycles. The van der Waals surface area contributed by atoms with Crippen molar-refractivity contribution in [1.29, 1.82) is 0 Å². The third-order valence-corrected chi connectivity index (χ3v) is 3.85. The molecular weight excluding hydrogens is 305 g/mol. The highest BCUT2D eigenvalue weighted by Crippen LogP contribution is 2.27. The smallest absolute Gasteiger partial charge is 0.234 e. The minimum Gasteiger partial charge on any atom is -0.304 e. The van der Waals surface area contributed by atoms with Crippen molar-refractivity contribution in [2.75, 3.05) is 11.4 Å². The van der Waals surface area contributed by atoms with Crippen LogP contribution >= 0.6 is 22.6 Å². The quantitative estimate of drug-likeness (QED) is 0.586. The number of Topliss-reactive ketones (excluding diaryl/α,β-unsaturated/α-hetero) is 1. The molecule has 1 aromatic rings. The van der Waals surface area contributed by atoms with Crippen LogP contribution in [0.3, 0.4) is 0 Å². The third-order valence-electron chi connectivity index (χ3n) is 2.45. The molecule has 1 aliphatic rings. The lowest BCUT2D eigenvalue weighted by Crippen LogP contribution is -2.25. The van der Waals surface area contributed by atoms with Crippen molar-refractivity contribution in [2.24, 2.45) is 0 Å². The molecule has 78 valence electrons. The number of halogens is 1. The fraction of sp³-hybridized carbons (Fsp3) is 0.273. The number of nitrogens with zero attached hydrogens (tertiary/aromatic N) is 1. The second-order valence-electron chi connectivity index (χ2n) is 3.60. The average molecular weight is 315 g/mol. The Balaban J connectivity index is 2.42. The number of carbonyl (C=O) groups is 2. The summed E-state index contributed by atoms with van der Waals surface area (Å²) in [6, 6.07) is 5.78. The molecular formula is C11H10INO2. The van der Waals surface area contributed by atoms with Crippen LogP contribution in [0.4, 0.5) is 5.69 Å². The molecule has 0 aromatic heterocycles. The minimum absolute atomic E-state index is 0.00249. The Morgan fingerprint density at radius 2 is 2.07 bits per heavy atom. The summed E-state index contributed by atoms with van der Waals surface area (Å²) in [5, 5.41) is 0. The van der Waals surface area contributed by atoms with E-state index in [4.69, 9.17) is 0 Å². The van der Waals surface area contributed by atoms with Gasteiger partial charge in [0.05, 0.1) is 18.7 Å². The molecule has 3 nitrogen and oxygen atoms in total. The molecule has 15 heavy (non-hydrogen) atoms. The Bertz CT molecular complexity index is 442. The van der Waals surface area contributed by atoms with Gasteiger partial charge in [-0.25, -0.2) is 0 Å². The standard InChI is InChI=1S/C11H10INO2/c1-7-3-2-4-9(11(7)12)13-6-8(14)5-10(13)15/h2-4H,5-6H2,1H3. The summed E-state index contributed by atoms with van der Waals surface area (Å²) >= 11 is 2.21. The number of anilines is 1. The van der Waals surface area contributed by atoms with Gasteiger partial charge in [0.25, 0.3) is 0 Å². The molecule has 2 rings (SSSR count). The van der Waals surface area contributed by atoms with Crippen LogP contribution in [-0.4, -0.2) is 18.2 Å². The Hall–Kier alpha value is -0.910. The van der Waals surface area contributed by atoms with E-state index in [2.05, 4.69) is 22.6 Å². The topological polar surface area (TPSA) is 37.4 Å². The Morgan fingerprint density at radius 1 is 1.33 bits per heavy atom. The van der Waals surface area contributed by atoms with Crippen molar-refractivity contribution in [3.05, 3.63) is 27.3 Å². The summed E-state index contributed by atoms with van der Waals surface area (Å²) in [6.07, 6.45) is 0.0457. The summed E-state index contributed by atoms with van der Waals surface area (Å²) in [5.41, 5.74) is 1.98. The molecule has 1 aromatic carbocycles. The largest absolute Gasteiger partial charge is 0.304 e. The summed E-state index contributed by atoms with van der Waals surface area (Å²) in [4.78, 5) is 24.3. The first kappa shape index (κ1) is 10.6. The lowest BCUT2D eigenvalue weighted by molar-refractivity contribution is -0.121. The third kappa shape index (κ3) is 1.90. The van der Waals surface area contributed by atoms with Gasteiger partial charge in [-0.3, -0.25) is 9.59 Å². The van der Waals surface area contributed by atoms with Crippen LogP contribution in [0.25, 0.3) is 0 Å². The summed E-state index contributed by atoms with van der Waals surface area (Å²) in [7, 11) is 0. The van der Waals surface area contributed by atoms with E-state index in [0.29, 0.717) is 0 Å². The van der Waals surface area contributed by atoms with E-state index in [1.54, 1.807) is 4.90 Å². The lowest BCUT2D eigenvalue weighted by Gasteiger charge is -2.17. The van der Waals surface area contributed by atoms with Crippen LogP contribution in [0.2, 0.25) is 0 Å². The number of ketones is 1. The highest BCUT2D eigenvalue weighted by Gasteiger charge is 2.29. The zero-order valence-electron chi connectivity index (χ0n) is 8.29. The fourth-order valence-corrected chi connectivity index (χ4v) is 2.30. The van der Waals surface area contributed by atoms with Crippen LogP contribution in [0, 0.1) is 10.5 Å². The first-order valence-corrected chi connectivity index (χ1v) is 5.74. The van der Waals surface area contributed by atoms with Gasteiger partial charge in [-0.2, -0.15) is 0 Å². The maximum atomic E-state index is 11.6. The van der Waals surface area contributed by atoms with Crippen molar-refractivity contribution >= 4 is 40.0 Å². The summed E-state index contributed by atoms with van der Waals surface area (Å²) in [6.45, 7) is 2.21. The van der Waals surface area contributed by atoms with E-state index in [1.165, 1.54) is 0 Å². The number of amides is 1. The van der Waals surface area contributed by atoms with Gasteiger partial charge in [0.15, 0.2) is 5.78 Å². The van der Waals surface area contributed by atoms with Crippen LogP contribution in [0.1, 0.15) is 12.0 Å². The number of benzene rings is 1. The molecule has 0 unspecified atom stereocenters. The Labute approximate surface area is 102 Å². The van der Waals surface area contributed by atoms with Crippen molar-refractivity contribution in [1.82, 2.24) is 0 Å². The molecule has 4 heteroatoms. The highest BCUT2D eigenvalue weighted by molar-refractivity contribution is 14.1. The van der Waals surface area contributed by atoms with Gasteiger partial charge in [0.2, 0.25) is 5.91 Å². The maximum Gasteiger partial charge on any atom is 0.234 e. The van der Waals surface area contributed by atoms with Gasteiger partial charge < -0.3 is 4.90 Å².